The molecule has 0 saturated carbocycles. The Labute approximate surface area is 302 Å². The van der Waals surface area contributed by atoms with Crippen LogP contribution >= 0.6 is 45.2 Å². The van der Waals surface area contributed by atoms with Crippen molar-refractivity contribution < 1.29 is 123 Å². The molecule has 0 bridgehead atoms. The molecule has 0 heterocycles. The maximum atomic E-state index is 13.3. The molecule has 0 spiro atoms. The van der Waals surface area contributed by atoms with Crippen molar-refractivity contribution in [3.05, 3.63) is 12.7 Å². The van der Waals surface area contributed by atoms with E-state index in [9.17, 15) is 123 Å². The SMILES string of the molecule is C=CCC(F)(C(F)(F)F)C(F)(F)F.FC(F)(F)C(F)(CC(I)CC(F)(C(F)(F)F)C(F)(F)F)C(F)(F)F.FC(F)(F)C(F)(I)C(F)(F)F.[B].[NH]=[Al]. The Bertz CT molecular complexity index is 934. The first kappa shape index (κ1) is 59.9. The van der Waals surface area contributed by atoms with Crippen molar-refractivity contribution in [2.45, 2.75) is 93.3 Å². The molecular formula is C18H11AlBF28I2N. The number of hydrogen-bond donors (Lipinski definition) is 1. The van der Waals surface area contributed by atoms with Crippen molar-refractivity contribution >= 4 is 69.7 Å². The van der Waals surface area contributed by atoms with Crippen molar-refractivity contribution in [3.63, 3.8) is 0 Å². The van der Waals surface area contributed by atoms with Crippen LogP contribution in [0.25, 0.3) is 0 Å². The Morgan fingerprint density at radius 1 is 0.431 bits per heavy atom. The number of nitrogens with one attached hydrogen (secondary N) is 1. The van der Waals surface area contributed by atoms with E-state index in [1.54, 1.807) is 16.1 Å². The van der Waals surface area contributed by atoms with Gasteiger partial charge >= 0.3 is 79.2 Å². The molecule has 0 rings (SSSR count). The van der Waals surface area contributed by atoms with Crippen LogP contribution in [0.4, 0.5) is 123 Å². The van der Waals surface area contributed by atoms with Gasteiger partial charge < -0.3 is 0 Å². The normalized spacial score (nSPS) is 14.5. The molecule has 0 amide bonds. The van der Waals surface area contributed by atoms with Gasteiger partial charge in [0.1, 0.15) is 0 Å². The summed E-state index contributed by atoms with van der Waals surface area (Å²) in [5, 5.41) is 0. The van der Waals surface area contributed by atoms with E-state index in [1.807, 2.05) is 0 Å². The van der Waals surface area contributed by atoms with E-state index in [0.717, 1.165) is 0 Å². The van der Waals surface area contributed by atoms with Crippen molar-refractivity contribution in [1.82, 2.24) is 0 Å². The Balaban J connectivity index is -0.000000221. The fourth-order valence-electron chi connectivity index (χ4n) is 2.22. The van der Waals surface area contributed by atoms with E-state index >= 15 is 0 Å². The second-order valence-electron chi connectivity index (χ2n) is 8.46. The molecule has 0 aliphatic heterocycles. The van der Waals surface area contributed by atoms with Crippen molar-refractivity contribution in [2.24, 2.45) is 0 Å². The second kappa shape index (κ2) is 19.0. The summed E-state index contributed by atoms with van der Waals surface area (Å²) in [6.07, 6.45) is -57.9. The molecule has 0 unspecified atom stereocenters. The zero-order valence-electron chi connectivity index (χ0n) is 23.0. The van der Waals surface area contributed by atoms with Gasteiger partial charge in [0.05, 0.1) is 0 Å². The van der Waals surface area contributed by atoms with Gasteiger partial charge in [-0.05, 0) is 22.6 Å². The summed E-state index contributed by atoms with van der Waals surface area (Å²) < 4.78 is 332. The van der Waals surface area contributed by atoms with E-state index in [1.165, 1.54) is 0 Å². The number of allylic oxidation sites excluding steroid dienone is 1. The van der Waals surface area contributed by atoms with E-state index in [0.29, 0.717) is 0 Å². The predicted molar refractivity (Wildman–Crippen MR) is 134 cm³/mol. The van der Waals surface area contributed by atoms with Gasteiger partial charge in [-0.3, -0.25) is 0 Å². The molecule has 0 aromatic carbocycles. The standard InChI is InChI=1S/C9H5F14I.C6H5F7.C3F7I.Al.B.HN/c10-4(6(12,13)14,7(15,16)17)1-3(24)2-5(11,8(18,19)20)9(21,22)23;1-2-3-4(7,5(8,9)10)6(11,12)13;4-1(11,2(5,6)7)3(8,9)10;;;/h3H,1-2H2;2H,1,3H2;;;;1H. The Kier molecular flexibility index (Phi) is 22.3. The number of alkyl halides is 30. The van der Waals surface area contributed by atoms with Crippen LogP contribution in [-0.4, -0.2) is 98.5 Å². The van der Waals surface area contributed by atoms with E-state index in [-0.39, 0.29) is 59.7 Å². The topological polar surface area (TPSA) is 23.9 Å². The van der Waals surface area contributed by atoms with Gasteiger partial charge in [-0.1, -0.05) is 28.7 Å². The van der Waals surface area contributed by atoms with Crippen LogP contribution in [0.1, 0.15) is 19.3 Å². The van der Waals surface area contributed by atoms with Crippen molar-refractivity contribution in [1.29, 1.82) is 4.35 Å². The van der Waals surface area contributed by atoms with Gasteiger partial charge in [0.2, 0.25) is 0 Å². The van der Waals surface area contributed by atoms with Crippen molar-refractivity contribution in [3.8, 4) is 0 Å². The van der Waals surface area contributed by atoms with E-state index in [2.05, 4.69) is 6.58 Å². The van der Waals surface area contributed by atoms with Gasteiger partial charge in [-0.2, -0.15) is 105 Å². The summed E-state index contributed by atoms with van der Waals surface area (Å²) in [4.78, 5) is 0. The van der Waals surface area contributed by atoms with Crippen LogP contribution < -0.4 is 0 Å². The first-order chi connectivity index (χ1) is 21.2. The Morgan fingerprint density at radius 3 is 0.686 bits per heavy atom. The first-order valence-corrected chi connectivity index (χ1v) is 13.6. The Hall–Kier alpha value is -0.363. The van der Waals surface area contributed by atoms with E-state index < -0.39 is 93.3 Å². The molecule has 0 atom stereocenters. The number of halogens is 30. The molecule has 51 heavy (non-hydrogen) atoms. The van der Waals surface area contributed by atoms with Crippen LogP contribution in [-0.2, 0) is 0 Å². The molecule has 1 N–H and O–H groups in total. The average Bonchev–Trinajstić information content (AvgIpc) is 2.80. The summed E-state index contributed by atoms with van der Waals surface area (Å²) in [5.41, 5.74) is -17.4. The quantitative estimate of drug-likeness (QED) is 0.0901. The fourth-order valence-corrected chi connectivity index (χ4v) is 3.43. The summed E-state index contributed by atoms with van der Waals surface area (Å²) in [7, 11) is 0. The molecule has 4 radical (unpaired) electrons. The van der Waals surface area contributed by atoms with Crippen LogP contribution in [0, 0.1) is 4.35 Å². The molecule has 0 aromatic heterocycles. The number of hydrogen-bond acceptors (Lipinski definition) is 1. The summed E-state index contributed by atoms with van der Waals surface area (Å²) in [6.45, 7) is 2.63. The third kappa shape index (κ3) is 15.4. The summed E-state index contributed by atoms with van der Waals surface area (Å²) in [6, 6.07) is 0. The molecule has 0 aromatic rings. The molecule has 0 aliphatic rings. The average molecular weight is 1060 g/mol. The molecule has 1 nitrogen and oxygen atoms in total. The molecule has 304 valence electrons. The zero-order chi connectivity index (χ0) is 42.4. The van der Waals surface area contributed by atoms with Gasteiger partial charge in [0.25, 0.3) is 11.3 Å². The van der Waals surface area contributed by atoms with Gasteiger partial charge in [-0.15, -0.1) is 6.58 Å². The van der Waals surface area contributed by atoms with Crippen molar-refractivity contribution in [2.75, 3.05) is 0 Å². The van der Waals surface area contributed by atoms with Gasteiger partial charge in [0, 0.05) is 31.6 Å². The van der Waals surface area contributed by atoms with Crippen LogP contribution in [0.5, 0.6) is 0 Å². The fraction of sp³-hybridized carbons (Fsp3) is 0.889. The maximum absolute atomic E-state index is 13.3. The molecule has 0 saturated heterocycles. The van der Waals surface area contributed by atoms with Crippen LogP contribution in [0.3, 0.4) is 0 Å². The summed E-state index contributed by atoms with van der Waals surface area (Å²) >= 11 is 1.61. The summed E-state index contributed by atoms with van der Waals surface area (Å²) in [5.74, 6) is 0. The minimum absolute atomic E-state index is 0. The zero-order valence-corrected chi connectivity index (χ0v) is 28.4. The van der Waals surface area contributed by atoms with Crippen LogP contribution in [0.2, 0.25) is 0 Å². The number of rotatable bonds is 6. The minimum atomic E-state index is -6.68. The molecule has 0 aliphatic carbocycles. The molecule has 33 heteroatoms. The Morgan fingerprint density at radius 2 is 0.608 bits per heavy atom. The first-order valence-electron chi connectivity index (χ1n) is 10.7. The third-order valence-corrected chi connectivity index (χ3v) is 6.94. The van der Waals surface area contributed by atoms with Crippen LogP contribution in [0.15, 0.2) is 12.7 Å². The second-order valence-corrected chi connectivity index (χ2v) is 11.7. The predicted octanol–water partition coefficient (Wildman–Crippen LogP) is 12.4. The van der Waals surface area contributed by atoms with Gasteiger partial charge in [-0.25, -0.2) is 17.6 Å². The third-order valence-electron chi connectivity index (χ3n) is 4.84. The molecular weight excluding hydrogens is 1050 g/mol. The van der Waals surface area contributed by atoms with E-state index in [4.69, 9.17) is 4.35 Å². The van der Waals surface area contributed by atoms with Gasteiger partial charge in [0.15, 0.2) is 0 Å². The molecule has 0 fully saturated rings. The monoisotopic (exact) mass is 1060 g/mol.